The average molecular weight is 355 g/mol. The smallest absolute Gasteiger partial charge is 0.243 e. The second kappa shape index (κ2) is 9.46. The molecule has 0 fully saturated rings. The number of nitrogens with one attached hydrogen (secondary N) is 3. The van der Waals surface area contributed by atoms with Gasteiger partial charge in [0.15, 0.2) is 0 Å². The van der Waals surface area contributed by atoms with Crippen molar-refractivity contribution in [1.82, 2.24) is 0 Å². The highest BCUT2D eigenvalue weighted by Gasteiger charge is 2.07. The molecule has 0 aromatic heterocycles. The van der Waals surface area contributed by atoms with Gasteiger partial charge in [-0.05, 0) is 43.7 Å². The zero-order valence-electron chi connectivity index (χ0n) is 15.4. The fourth-order valence-corrected chi connectivity index (χ4v) is 2.32. The number of ether oxygens (including phenoxy) is 1. The van der Waals surface area contributed by atoms with E-state index in [1.807, 2.05) is 50.2 Å². The molecule has 0 atom stereocenters. The van der Waals surface area contributed by atoms with Gasteiger partial charge in [-0.2, -0.15) is 0 Å². The first-order chi connectivity index (χ1) is 12.5. The number of anilines is 3. The summed E-state index contributed by atoms with van der Waals surface area (Å²) in [5, 5.41) is 8.73. The third kappa shape index (κ3) is 5.81. The molecule has 3 N–H and O–H groups in total. The molecule has 26 heavy (non-hydrogen) atoms. The quantitative estimate of drug-likeness (QED) is 0.673. The molecule has 0 aliphatic carbocycles. The lowest BCUT2D eigenvalue weighted by atomic mass is 10.1. The van der Waals surface area contributed by atoms with Crippen molar-refractivity contribution < 1.29 is 14.3 Å². The summed E-state index contributed by atoms with van der Waals surface area (Å²) in [6, 6.07) is 12.9. The van der Waals surface area contributed by atoms with E-state index in [1.165, 1.54) is 0 Å². The van der Waals surface area contributed by atoms with Crippen LogP contribution in [0.2, 0.25) is 0 Å². The van der Waals surface area contributed by atoms with E-state index < -0.39 is 0 Å². The van der Waals surface area contributed by atoms with Crippen molar-refractivity contribution in [3.05, 3.63) is 48.0 Å². The second-order valence-corrected chi connectivity index (χ2v) is 5.79. The lowest BCUT2D eigenvalue weighted by Crippen LogP contribution is -2.22. The Hall–Kier alpha value is -3.02. The predicted molar refractivity (Wildman–Crippen MR) is 105 cm³/mol. The predicted octanol–water partition coefficient (Wildman–Crippen LogP) is 3.79. The Kier molecular flexibility index (Phi) is 7.02. The molecule has 0 saturated heterocycles. The zero-order chi connectivity index (χ0) is 18.9. The van der Waals surface area contributed by atoms with Crippen molar-refractivity contribution in [1.29, 1.82) is 0 Å². The van der Waals surface area contributed by atoms with E-state index >= 15 is 0 Å². The van der Waals surface area contributed by atoms with E-state index in [1.54, 1.807) is 13.0 Å². The lowest BCUT2D eigenvalue weighted by Gasteiger charge is -2.12. The molecule has 0 spiro atoms. The van der Waals surface area contributed by atoms with Gasteiger partial charge < -0.3 is 20.7 Å². The number of amides is 2. The van der Waals surface area contributed by atoms with Crippen LogP contribution in [0.15, 0.2) is 42.5 Å². The van der Waals surface area contributed by atoms with Crippen molar-refractivity contribution in [2.75, 3.05) is 29.1 Å². The summed E-state index contributed by atoms with van der Waals surface area (Å²) in [6.45, 7) is 6.34. The highest BCUT2D eigenvalue weighted by Crippen LogP contribution is 2.21. The number of carbonyl (C=O) groups is 2. The van der Waals surface area contributed by atoms with E-state index in [4.69, 9.17) is 4.74 Å². The summed E-state index contributed by atoms with van der Waals surface area (Å²) in [7, 11) is 0. The van der Waals surface area contributed by atoms with Crippen LogP contribution in [-0.2, 0) is 9.59 Å². The fraction of sp³-hybridized carbons (Fsp3) is 0.300. The standard InChI is InChI=1S/C20H25N3O3/c1-4-19(24)23-18-12-16(10-9-14(18)3)22-20(25)13-21-15-7-6-8-17(11-15)26-5-2/h6-12,21H,4-5,13H2,1-3H3,(H,22,25)(H,23,24). The summed E-state index contributed by atoms with van der Waals surface area (Å²) in [4.78, 5) is 23.8. The minimum absolute atomic E-state index is 0.0626. The van der Waals surface area contributed by atoms with Gasteiger partial charge in [-0.3, -0.25) is 9.59 Å². The fourth-order valence-electron chi connectivity index (χ4n) is 2.32. The number of benzene rings is 2. The molecule has 0 bridgehead atoms. The maximum Gasteiger partial charge on any atom is 0.243 e. The van der Waals surface area contributed by atoms with Crippen LogP contribution in [0.1, 0.15) is 25.8 Å². The Morgan fingerprint density at radius 2 is 1.77 bits per heavy atom. The molecule has 0 heterocycles. The minimum atomic E-state index is -0.177. The van der Waals surface area contributed by atoms with Gasteiger partial charge in [-0.25, -0.2) is 0 Å². The normalized spacial score (nSPS) is 10.1. The van der Waals surface area contributed by atoms with E-state index in [2.05, 4.69) is 16.0 Å². The molecule has 2 rings (SSSR count). The van der Waals surface area contributed by atoms with Crippen LogP contribution in [0, 0.1) is 6.92 Å². The topological polar surface area (TPSA) is 79.5 Å². The summed E-state index contributed by atoms with van der Waals surface area (Å²) >= 11 is 0. The number of hydrogen-bond donors (Lipinski definition) is 3. The first-order valence-corrected chi connectivity index (χ1v) is 8.69. The number of rotatable bonds is 8. The molecule has 2 aromatic carbocycles. The van der Waals surface area contributed by atoms with Gasteiger partial charge in [0.05, 0.1) is 13.2 Å². The van der Waals surface area contributed by atoms with Crippen molar-refractivity contribution in [2.45, 2.75) is 27.2 Å². The summed E-state index contributed by atoms with van der Waals surface area (Å²) in [5.74, 6) is 0.517. The Labute approximate surface area is 153 Å². The molecule has 2 aromatic rings. The molecule has 0 unspecified atom stereocenters. The van der Waals surface area contributed by atoms with Gasteiger partial charge >= 0.3 is 0 Å². The Balaban J connectivity index is 1.94. The highest BCUT2D eigenvalue weighted by atomic mass is 16.5. The average Bonchev–Trinajstić information content (AvgIpc) is 2.63. The SMILES string of the molecule is CCOc1cccc(NCC(=O)Nc2ccc(C)c(NC(=O)CC)c2)c1. The molecule has 6 nitrogen and oxygen atoms in total. The molecule has 0 aliphatic heterocycles. The third-order valence-corrected chi connectivity index (χ3v) is 3.71. The van der Waals surface area contributed by atoms with Gasteiger partial charge in [0, 0.05) is 29.5 Å². The van der Waals surface area contributed by atoms with Gasteiger partial charge in [0.25, 0.3) is 0 Å². The van der Waals surface area contributed by atoms with Gasteiger partial charge in [-0.1, -0.05) is 19.1 Å². The molecule has 138 valence electrons. The number of hydrogen-bond acceptors (Lipinski definition) is 4. The Bertz CT molecular complexity index is 775. The second-order valence-electron chi connectivity index (χ2n) is 5.79. The summed E-state index contributed by atoms with van der Waals surface area (Å²) in [6.07, 6.45) is 0.404. The first kappa shape index (κ1) is 19.3. The van der Waals surface area contributed by atoms with E-state index in [9.17, 15) is 9.59 Å². The maximum absolute atomic E-state index is 12.2. The first-order valence-electron chi connectivity index (χ1n) is 8.69. The van der Waals surface area contributed by atoms with Gasteiger partial charge in [-0.15, -0.1) is 0 Å². The van der Waals surface area contributed by atoms with Crippen LogP contribution in [0.25, 0.3) is 0 Å². The monoisotopic (exact) mass is 355 g/mol. The van der Waals surface area contributed by atoms with Crippen LogP contribution in [0.3, 0.4) is 0 Å². The van der Waals surface area contributed by atoms with Crippen molar-refractivity contribution in [3.8, 4) is 5.75 Å². The molecule has 0 radical (unpaired) electrons. The van der Waals surface area contributed by atoms with Crippen LogP contribution in [0.4, 0.5) is 17.1 Å². The maximum atomic E-state index is 12.2. The molecule has 0 saturated carbocycles. The minimum Gasteiger partial charge on any atom is -0.494 e. The van der Waals surface area contributed by atoms with Crippen LogP contribution >= 0.6 is 0 Å². The number of aryl methyl sites for hydroxylation is 1. The Morgan fingerprint density at radius 3 is 2.50 bits per heavy atom. The van der Waals surface area contributed by atoms with Crippen LogP contribution in [0.5, 0.6) is 5.75 Å². The molecular weight excluding hydrogens is 330 g/mol. The Morgan fingerprint density at radius 1 is 0.962 bits per heavy atom. The largest absolute Gasteiger partial charge is 0.494 e. The molecule has 6 heteroatoms. The molecule has 0 aliphatic rings. The van der Waals surface area contributed by atoms with Crippen molar-refractivity contribution in [3.63, 3.8) is 0 Å². The zero-order valence-corrected chi connectivity index (χ0v) is 15.4. The highest BCUT2D eigenvalue weighted by molar-refractivity contribution is 5.96. The third-order valence-electron chi connectivity index (χ3n) is 3.71. The van der Waals surface area contributed by atoms with Gasteiger partial charge in [0.2, 0.25) is 11.8 Å². The lowest BCUT2D eigenvalue weighted by molar-refractivity contribution is -0.116. The van der Waals surface area contributed by atoms with Crippen molar-refractivity contribution in [2.24, 2.45) is 0 Å². The van der Waals surface area contributed by atoms with Gasteiger partial charge in [0.1, 0.15) is 5.75 Å². The van der Waals surface area contributed by atoms with E-state index in [0.717, 1.165) is 17.0 Å². The van der Waals surface area contributed by atoms with E-state index in [-0.39, 0.29) is 18.4 Å². The summed E-state index contributed by atoms with van der Waals surface area (Å²) < 4.78 is 5.44. The van der Waals surface area contributed by atoms with Crippen LogP contribution in [-0.4, -0.2) is 25.0 Å². The van der Waals surface area contributed by atoms with Crippen molar-refractivity contribution >= 4 is 28.9 Å². The van der Waals surface area contributed by atoms with E-state index in [0.29, 0.717) is 24.4 Å². The number of carbonyl (C=O) groups excluding carboxylic acids is 2. The molecule has 2 amide bonds. The summed E-state index contributed by atoms with van der Waals surface area (Å²) in [5.41, 5.74) is 3.09. The molecular formula is C20H25N3O3. The van der Waals surface area contributed by atoms with Crippen LogP contribution < -0.4 is 20.7 Å².